The molecule has 0 spiro atoms. The van der Waals surface area contributed by atoms with Crippen LogP contribution in [-0.4, -0.2) is 35.6 Å². The number of carbonyl (C=O) groups is 2. The monoisotopic (exact) mass is 344 g/mol. The molecule has 1 unspecified atom stereocenters. The van der Waals surface area contributed by atoms with Gasteiger partial charge in [-0.05, 0) is 55.7 Å². The van der Waals surface area contributed by atoms with Gasteiger partial charge in [-0.15, -0.1) is 0 Å². The van der Waals surface area contributed by atoms with E-state index in [0.717, 1.165) is 31.4 Å². The highest BCUT2D eigenvalue weighted by Gasteiger charge is 2.38. The van der Waals surface area contributed by atoms with Gasteiger partial charge in [-0.1, -0.05) is 26.0 Å². The van der Waals surface area contributed by atoms with Crippen LogP contribution in [0.25, 0.3) is 0 Å². The second kappa shape index (κ2) is 7.56. The van der Waals surface area contributed by atoms with E-state index in [2.05, 4.69) is 19.2 Å². The number of benzene rings is 1. The summed E-state index contributed by atoms with van der Waals surface area (Å²) in [7, 11) is 0. The van der Waals surface area contributed by atoms with Crippen LogP contribution in [-0.2, 0) is 9.59 Å². The molecular weight excluding hydrogens is 316 g/mol. The Bertz CT molecular complexity index is 618. The molecule has 0 aromatic heterocycles. The predicted molar refractivity (Wildman–Crippen MR) is 97.4 cm³/mol. The van der Waals surface area contributed by atoms with Gasteiger partial charge in [0.15, 0.2) is 0 Å². The van der Waals surface area contributed by atoms with Gasteiger partial charge in [-0.2, -0.15) is 0 Å². The summed E-state index contributed by atoms with van der Waals surface area (Å²) < 4.78 is 0. The first-order valence-electron chi connectivity index (χ1n) is 9.35. The lowest BCUT2D eigenvalue weighted by Gasteiger charge is -2.27. The molecule has 3 rings (SSSR count). The van der Waals surface area contributed by atoms with E-state index in [4.69, 9.17) is 0 Å². The van der Waals surface area contributed by atoms with Crippen molar-refractivity contribution in [3.8, 4) is 0 Å². The van der Waals surface area contributed by atoms with Crippen molar-refractivity contribution in [1.29, 1.82) is 0 Å². The summed E-state index contributed by atoms with van der Waals surface area (Å²) in [5.74, 6) is -0.397. The molecule has 136 valence electrons. The highest BCUT2D eigenvalue weighted by Crippen LogP contribution is 2.27. The van der Waals surface area contributed by atoms with Gasteiger partial charge in [-0.25, -0.2) is 0 Å². The second-order valence-corrected chi connectivity index (χ2v) is 7.59. The van der Waals surface area contributed by atoms with Crippen LogP contribution >= 0.6 is 0 Å². The zero-order valence-electron chi connectivity index (χ0n) is 15.1. The summed E-state index contributed by atoms with van der Waals surface area (Å²) in [4.78, 5) is 26.9. The third-order valence-corrected chi connectivity index (χ3v) is 5.44. The minimum atomic E-state index is -0.586. The number of nitrogens with zero attached hydrogens (tertiary/aromatic N) is 1. The van der Waals surface area contributed by atoms with Crippen LogP contribution in [0, 0.1) is 5.92 Å². The molecule has 2 N–H and O–H groups in total. The molecule has 1 saturated carbocycles. The van der Waals surface area contributed by atoms with E-state index in [1.165, 1.54) is 5.56 Å². The lowest BCUT2D eigenvalue weighted by atomic mass is 9.92. The molecule has 1 aliphatic heterocycles. The standard InChI is InChI=1S/C20H28N2O3/c1-13(2)14-3-7-16(8-4-14)22-12-11-18(20(22)25)19(24)21-15-5-9-17(23)10-6-15/h3-4,7-8,13,15,17-18,23H,5-6,9-12H2,1-2H3,(H,21,24). The molecule has 1 aliphatic carbocycles. The maximum Gasteiger partial charge on any atom is 0.239 e. The summed E-state index contributed by atoms with van der Waals surface area (Å²) in [6, 6.07) is 8.12. The highest BCUT2D eigenvalue weighted by molar-refractivity contribution is 6.09. The zero-order valence-corrected chi connectivity index (χ0v) is 15.1. The van der Waals surface area contributed by atoms with Gasteiger partial charge in [0, 0.05) is 18.3 Å². The molecule has 5 nitrogen and oxygen atoms in total. The normalized spacial score (nSPS) is 27.0. The van der Waals surface area contributed by atoms with Crippen LogP contribution in [0.4, 0.5) is 5.69 Å². The Balaban J connectivity index is 1.60. The van der Waals surface area contributed by atoms with Crippen molar-refractivity contribution in [3.63, 3.8) is 0 Å². The summed E-state index contributed by atoms with van der Waals surface area (Å²) in [5.41, 5.74) is 2.11. The average Bonchev–Trinajstić information content (AvgIpc) is 2.98. The number of carbonyl (C=O) groups excluding carboxylic acids is 2. The number of rotatable bonds is 4. The fraction of sp³-hybridized carbons (Fsp3) is 0.600. The van der Waals surface area contributed by atoms with Crippen molar-refractivity contribution >= 4 is 17.5 Å². The first-order valence-corrected chi connectivity index (χ1v) is 9.35. The van der Waals surface area contributed by atoms with Crippen LogP contribution in [0.1, 0.15) is 57.4 Å². The molecule has 2 aliphatic rings. The number of aliphatic hydroxyl groups is 1. The van der Waals surface area contributed by atoms with Gasteiger partial charge in [0.25, 0.3) is 0 Å². The van der Waals surface area contributed by atoms with Gasteiger partial charge >= 0.3 is 0 Å². The minimum Gasteiger partial charge on any atom is -0.393 e. The van der Waals surface area contributed by atoms with E-state index in [1.54, 1.807) is 4.90 Å². The molecule has 5 heteroatoms. The average molecular weight is 344 g/mol. The Hall–Kier alpha value is -1.88. The Kier molecular flexibility index (Phi) is 5.42. The third-order valence-electron chi connectivity index (χ3n) is 5.44. The summed E-state index contributed by atoms with van der Waals surface area (Å²) in [6.07, 6.45) is 3.33. The molecule has 1 heterocycles. The lowest BCUT2D eigenvalue weighted by molar-refractivity contribution is -0.132. The fourth-order valence-electron chi connectivity index (χ4n) is 3.74. The molecule has 0 radical (unpaired) electrons. The second-order valence-electron chi connectivity index (χ2n) is 7.59. The first-order chi connectivity index (χ1) is 12.0. The first kappa shape index (κ1) is 17.9. The summed E-state index contributed by atoms with van der Waals surface area (Å²) >= 11 is 0. The van der Waals surface area contributed by atoms with E-state index >= 15 is 0 Å². The molecule has 2 amide bonds. The Morgan fingerprint density at radius 1 is 1.12 bits per heavy atom. The van der Waals surface area contributed by atoms with Crippen molar-refractivity contribution in [1.82, 2.24) is 5.32 Å². The van der Waals surface area contributed by atoms with E-state index in [1.807, 2.05) is 24.3 Å². The smallest absolute Gasteiger partial charge is 0.239 e. The zero-order chi connectivity index (χ0) is 18.0. The topological polar surface area (TPSA) is 69.6 Å². The minimum absolute atomic E-state index is 0.0862. The van der Waals surface area contributed by atoms with Crippen LogP contribution in [0.2, 0.25) is 0 Å². The lowest BCUT2D eigenvalue weighted by Crippen LogP contribution is -2.43. The van der Waals surface area contributed by atoms with Crippen LogP contribution in [0.5, 0.6) is 0 Å². The number of anilines is 1. The van der Waals surface area contributed by atoms with Gasteiger partial charge in [0.05, 0.1) is 6.10 Å². The largest absolute Gasteiger partial charge is 0.393 e. The maximum absolute atomic E-state index is 12.7. The molecule has 25 heavy (non-hydrogen) atoms. The number of amides is 2. The molecule has 2 fully saturated rings. The fourth-order valence-corrected chi connectivity index (χ4v) is 3.74. The van der Waals surface area contributed by atoms with E-state index in [0.29, 0.717) is 18.9 Å². The molecular formula is C20H28N2O3. The van der Waals surface area contributed by atoms with Crippen molar-refractivity contribution < 1.29 is 14.7 Å². The van der Waals surface area contributed by atoms with Crippen molar-refractivity contribution in [3.05, 3.63) is 29.8 Å². The van der Waals surface area contributed by atoms with Crippen molar-refractivity contribution in [2.24, 2.45) is 5.92 Å². The van der Waals surface area contributed by atoms with Gasteiger partial charge in [0.1, 0.15) is 5.92 Å². The SMILES string of the molecule is CC(C)c1ccc(N2CCC(C(=O)NC3CCC(O)CC3)C2=O)cc1. The quantitative estimate of drug-likeness (QED) is 0.825. The number of hydrogen-bond acceptors (Lipinski definition) is 3. The highest BCUT2D eigenvalue weighted by atomic mass is 16.3. The van der Waals surface area contributed by atoms with E-state index in [-0.39, 0.29) is 24.0 Å². The number of aliphatic hydroxyl groups excluding tert-OH is 1. The molecule has 0 bridgehead atoms. The maximum atomic E-state index is 12.7. The van der Waals surface area contributed by atoms with Crippen LogP contribution in [0.3, 0.4) is 0 Å². The van der Waals surface area contributed by atoms with Gasteiger partial charge in [-0.3, -0.25) is 9.59 Å². The Labute approximate surface area is 149 Å². The van der Waals surface area contributed by atoms with Crippen LogP contribution < -0.4 is 10.2 Å². The third kappa shape index (κ3) is 4.03. The van der Waals surface area contributed by atoms with E-state index in [9.17, 15) is 14.7 Å². The number of nitrogens with one attached hydrogen (secondary N) is 1. The van der Waals surface area contributed by atoms with Gasteiger partial charge in [0.2, 0.25) is 11.8 Å². The summed E-state index contributed by atoms with van der Waals surface area (Å²) in [6.45, 7) is 4.86. The molecule has 1 atom stereocenters. The summed E-state index contributed by atoms with van der Waals surface area (Å²) in [5, 5.41) is 12.6. The molecule has 1 aromatic carbocycles. The molecule has 1 saturated heterocycles. The predicted octanol–water partition coefficient (Wildman–Crippen LogP) is 2.58. The Morgan fingerprint density at radius 3 is 2.36 bits per heavy atom. The van der Waals surface area contributed by atoms with Crippen molar-refractivity contribution in [2.45, 2.75) is 64.0 Å². The van der Waals surface area contributed by atoms with Gasteiger partial charge < -0.3 is 15.3 Å². The Morgan fingerprint density at radius 2 is 1.76 bits per heavy atom. The van der Waals surface area contributed by atoms with Crippen molar-refractivity contribution in [2.75, 3.05) is 11.4 Å². The van der Waals surface area contributed by atoms with E-state index < -0.39 is 5.92 Å². The number of hydrogen-bond donors (Lipinski definition) is 2. The molecule has 1 aromatic rings. The van der Waals surface area contributed by atoms with Crippen LogP contribution in [0.15, 0.2) is 24.3 Å².